The van der Waals surface area contributed by atoms with E-state index < -0.39 is 6.04 Å². The highest BCUT2D eigenvalue weighted by atomic mass is 16.2. The number of nitrogens with one attached hydrogen (secondary N) is 1. The minimum atomic E-state index is -0.404. The molecule has 0 bridgehead atoms. The zero-order valence-corrected chi connectivity index (χ0v) is 12.4. The van der Waals surface area contributed by atoms with Crippen molar-refractivity contribution in [3.63, 3.8) is 0 Å². The number of carbonyl (C=O) groups is 1. The molecule has 108 valence electrons. The van der Waals surface area contributed by atoms with Gasteiger partial charge in [-0.1, -0.05) is 20.3 Å². The second-order valence-electron chi connectivity index (χ2n) is 5.21. The van der Waals surface area contributed by atoms with Crippen molar-refractivity contribution >= 4 is 5.91 Å². The summed E-state index contributed by atoms with van der Waals surface area (Å²) < 4.78 is 1.97. The normalized spacial score (nSPS) is 14.2. The summed E-state index contributed by atoms with van der Waals surface area (Å²) in [5.41, 5.74) is 8.04. The molecule has 0 aliphatic heterocycles. The highest BCUT2D eigenvalue weighted by Gasteiger charge is 2.18. The van der Waals surface area contributed by atoms with Crippen LogP contribution in [0.25, 0.3) is 0 Å². The number of nitrogens with two attached hydrogens (primary N) is 1. The third kappa shape index (κ3) is 4.67. The molecule has 1 aromatic heterocycles. The Kier molecular flexibility index (Phi) is 6.02. The van der Waals surface area contributed by atoms with Gasteiger partial charge in [0.2, 0.25) is 5.91 Å². The van der Waals surface area contributed by atoms with Crippen LogP contribution >= 0.6 is 0 Å². The SMILES string of the molecule is CC[C@H](C)[C@H](N)C(=O)NCCCn1nc(C)cc1C. The van der Waals surface area contributed by atoms with Gasteiger partial charge in [-0.15, -0.1) is 0 Å². The third-order valence-electron chi connectivity index (χ3n) is 3.51. The molecule has 0 saturated carbocycles. The molecule has 5 heteroatoms. The first-order valence-electron chi connectivity index (χ1n) is 7.00. The van der Waals surface area contributed by atoms with E-state index in [1.54, 1.807) is 0 Å². The van der Waals surface area contributed by atoms with Crippen molar-refractivity contribution in [2.45, 2.75) is 53.1 Å². The van der Waals surface area contributed by atoms with Crippen molar-refractivity contribution in [1.29, 1.82) is 0 Å². The molecular weight excluding hydrogens is 240 g/mol. The number of hydrogen-bond acceptors (Lipinski definition) is 3. The lowest BCUT2D eigenvalue weighted by atomic mass is 9.99. The molecular formula is C14H26N4O. The average molecular weight is 266 g/mol. The first kappa shape index (κ1) is 15.7. The first-order valence-corrected chi connectivity index (χ1v) is 7.00. The number of amides is 1. The van der Waals surface area contributed by atoms with Gasteiger partial charge in [0.05, 0.1) is 11.7 Å². The number of hydrogen-bond donors (Lipinski definition) is 2. The molecule has 0 aromatic carbocycles. The minimum Gasteiger partial charge on any atom is -0.355 e. The van der Waals surface area contributed by atoms with E-state index in [0.29, 0.717) is 6.54 Å². The molecule has 2 atom stereocenters. The number of aromatic nitrogens is 2. The first-order chi connectivity index (χ1) is 8.95. The van der Waals surface area contributed by atoms with Crippen LogP contribution in [0.2, 0.25) is 0 Å². The third-order valence-corrected chi connectivity index (χ3v) is 3.51. The Hall–Kier alpha value is -1.36. The summed E-state index contributed by atoms with van der Waals surface area (Å²) in [6.45, 7) is 9.52. The van der Waals surface area contributed by atoms with Crippen LogP contribution in [0, 0.1) is 19.8 Å². The molecule has 0 saturated heterocycles. The molecule has 1 rings (SSSR count). The predicted octanol–water partition coefficient (Wildman–Crippen LogP) is 1.38. The Bertz CT molecular complexity index is 414. The van der Waals surface area contributed by atoms with Crippen LogP contribution in [0.5, 0.6) is 0 Å². The molecule has 1 amide bonds. The van der Waals surface area contributed by atoms with E-state index in [9.17, 15) is 4.79 Å². The Labute approximate surface area is 115 Å². The molecule has 0 aliphatic carbocycles. The van der Waals surface area contributed by atoms with Crippen LogP contribution in [0.3, 0.4) is 0 Å². The van der Waals surface area contributed by atoms with Gasteiger partial charge in [-0.3, -0.25) is 9.48 Å². The Morgan fingerprint density at radius 3 is 2.74 bits per heavy atom. The van der Waals surface area contributed by atoms with E-state index in [0.717, 1.165) is 30.8 Å². The van der Waals surface area contributed by atoms with E-state index >= 15 is 0 Å². The maximum Gasteiger partial charge on any atom is 0.237 e. The molecule has 0 unspecified atom stereocenters. The highest BCUT2D eigenvalue weighted by Crippen LogP contribution is 2.05. The van der Waals surface area contributed by atoms with Gasteiger partial charge in [0.1, 0.15) is 0 Å². The largest absolute Gasteiger partial charge is 0.355 e. The summed E-state index contributed by atoms with van der Waals surface area (Å²) in [4.78, 5) is 11.8. The zero-order chi connectivity index (χ0) is 14.4. The summed E-state index contributed by atoms with van der Waals surface area (Å²) in [5.74, 6) is 0.165. The molecule has 5 nitrogen and oxygen atoms in total. The van der Waals surface area contributed by atoms with Crippen molar-refractivity contribution in [1.82, 2.24) is 15.1 Å². The maximum atomic E-state index is 11.8. The summed E-state index contributed by atoms with van der Waals surface area (Å²) in [5, 5.41) is 7.27. The lowest BCUT2D eigenvalue weighted by molar-refractivity contribution is -0.123. The second kappa shape index (κ2) is 7.28. The Morgan fingerprint density at radius 2 is 2.21 bits per heavy atom. The van der Waals surface area contributed by atoms with Gasteiger partial charge in [-0.05, 0) is 32.3 Å². The number of nitrogens with zero attached hydrogens (tertiary/aromatic N) is 2. The minimum absolute atomic E-state index is 0.0530. The van der Waals surface area contributed by atoms with Crippen LogP contribution < -0.4 is 11.1 Å². The van der Waals surface area contributed by atoms with Gasteiger partial charge in [0.25, 0.3) is 0 Å². The van der Waals surface area contributed by atoms with Crippen molar-refractivity contribution in [3.8, 4) is 0 Å². The predicted molar refractivity (Wildman–Crippen MR) is 76.8 cm³/mol. The fourth-order valence-corrected chi connectivity index (χ4v) is 1.97. The van der Waals surface area contributed by atoms with E-state index in [4.69, 9.17) is 5.73 Å². The Balaban J connectivity index is 2.27. The van der Waals surface area contributed by atoms with Crippen LogP contribution in [-0.4, -0.2) is 28.3 Å². The van der Waals surface area contributed by atoms with E-state index in [2.05, 4.69) is 16.5 Å². The van der Waals surface area contributed by atoms with Gasteiger partial charge < -0.3 is 11.1 Å². The molecule has 19 heavy (non-hydrogen) atoms. The summed E-state index contributed by atoms with van der Waals surface area (Å²) in [6.07, 6.45) is 1.78. The van der Waals surface area contributed by atoms with Crippen molar-refractivity contribution < 1.29 is 4.79 Å². The molecule has 1 heterocycles. The molecule has 0 fully saturated rings. The smallest absolute Gasteiger partial charge is 0.237 e. The lowest BCUT2D eigenvalue weighted by Crippen LogP contribution is -2.44. The van der Waals surface area contributed by atoms with E-state index in [1.165, 1.54) is 0 Å². The quantitative estimate of drug-likeness (QED) is 0.732. The van der Waals surface area contributed by atoms with Crippen molar-refractivity contribution in [2.24, 2.45) is 11.7 Å². The average Bonchev–Trinajstić information content (AvgIpc) is 2.70. The molecule has 3 N–H and O–H groups in total. The lowest BCUT2D eigenvalue weighted by Gasteiger charge is -2.17. The van der Waals surface area contributed by atoms with Gasteiger partial charge in [-0.25, -0.2) is 0 Å². The van der Waals surface area contributed by atoms with Gasteiger partial charge in [0, 0.05) is 18.8 Å². The molecule has 1 aromatic rings. The topological polar surface area (TPSA) is 72.9 Å². The van der Waals surface area contributed by atoms with Crippen molar-refractivity contribution in [2.75, 3.05) is 6.54 Å². The number of carbonyl (C=O) groups excluding carboxylic acids is 1. The number of rotatable bonds is 7. The van der Waals surface area contributed by atoms with Gasteiger partial charge in [0.15, 0.2) is 0 Å². The van der Waals surface area contributed by atoms with Crippen LogP contribution in [0.4, 0.5) is 0 Å². The molecule has 0 radical (unpaired) electrons. The van der Waals surface area contributed by atoms with E-state index in [-0.39, 0.29) is 11.8 Å². The molecule has 0 aliphatic rings. The highest BCUT2D eigenvalue weighted by molar-refractivity contribution is 5.81. The van der Waals surface area contributed by atoms with Crippen LogP contribution in [0.1, 0.15) is 38.1 Å². The zero-order valence-electron chi connectivity index (χ0n) is 12.4. The van der Waals surface area contributed by atoms with Crippen LogP contribution in [-0.2, 0) is 11.3 Å². The van der Waals surface area contributed by atoms with Crippen LogP contribution in [0.15, 0.2) is 6.07 Å². The second-order valence-corrected chi connectivity index (χ2v) is 5.21. The Morgan fingerprint density at radius 1 is 1.53 bits per heavy atom. The van der Waals surface area contributed by atoms with Crippen molar-refractivity contribution in [3.05, 3.63) is 17.5 Å². The van der Waals surface area contributed by atoms with Gasteiger partial charge in [-0.2, -0.15) is 5.10 Å². The fraction of sp³-hybridized carbons (Fsp3) is 0.714. The maximum absolute atomic E-state index is 11.8. The fourth-order valence-electron chi connectivity index (χ4n) is 1.97. The van der Waals surface area contributed by atoms with E-state index in [1.807, 2.05) is 32.4 Å². The monoisotopic (exact) mass is 266 g/mol. The summed E-state index contributed by atoms with van der Waals surface area (Å²) >= 11 is 0. The molecule has 0 spiro atoms. The standard InChI is InChI=1S/C14H26N4O/c1-5-10(2)13(15)14(19)16-7-6-8-18-12(4)9-11(3)17-18/h9-10,13H,5-8,15H2,1-4H3,(H,16,19)/t10-,13-/m0/s1. The summed E-state index contributed by atoms with van der Waals surface area (Å²) in [7, 11) is 0. The summed E-state index contributed by atoms with van der Waals surface area (Å²) in [6, 6.07) is 1.65. The van der Waals surface area contributed by atoms with Gasteiger partial charge >= 0.3 is 0 Å². The number of aryl methyl sites for hydroxylation is 3.